The van der Waals surface area contributed by atoms with E-state index in [1.807, 2.05) is 0 Å². The first-order valence-electron chi connectivity index (χ1n) is 2.24. The number of aliphatic hydroxyl groups excluding tert-OH is 1. The van der Waals surface area contributed by atoms with E-state index in [2.05, 4.69) is 5.32 Å². The van der Waals surface area contributed by atoms with Crippen LogP contribution in [0.3, 0.4) is 0 Å². The molecule has 0 aromatic carbocycles. The molecule has 1 aliphatic rings. The molecule has 40 valence electrons. The molecule has 1 aliphatic heterocycles. The van der Waals surface area contributed by atoms with Gasteiger partial charge in [-0.25, -0.2) is 0 Å². The van der Waals surface area contributed by atoms with Gasteiger partial charge in [-0.1, -0.05) is 12.2 Å². The second-order valence-electron chi connectivity index (χ2n) is 1.66. The van der Waals surface area contributed by atoms with Crippen LogP contribution in [0.25, 0.3) is 0 Å². The highest BCUT2D eigenvalue weighted by atomic mass is 32.1. The van der Waals surface area contributed by atoms with E-state index < -0.39 is 0 Å². The maximum absolute atomic E-state index is 8.75. The van der Waals surface area contributed by atoms with Gasteiger partial charge in [0.2, 0.25) is 0 Å². The molecule has 0 aromatic rings. The highest BCUT2D eigenvalue weighted by molar-refractivity contribution is 7.80. The summed E-state index contributed by atoms with van der Waals surface area (Å²) in [7, 11) is 0. The first-order valence-corrected chi connectivity index (χ1v) is 2.64. The van der Waals surface area contributed by atoms with E-state index >= 15 is 0 Å². The third-order valence-corrected chi connectivity index (χ3v) is 1.27. The van der Waals surface area contributed by atoms with Gasteiger partial charge < -0.3 is 10.4 Å². The molecule has 1 fully saturated rings. The van der Waals surface area contributed by atoms with Gasteiger partial charge in [-0.3, -0.25) is 0 Å². The van der Waals surface area contributed by atoms with E-state index in [-0.39, 0.29) is 6.10 Å². The Bertz CT molecular complexity index is 93.7. The second kappa shape index (κ2) is 1.76. The summed E-state index contributed by atoms with van der Waals surface area (Å²) in [6.45, 7) is 0.638. The summed E-state index contributed by atoms with van der Waals surface area (Å²) in [5, 5.41) is 11.6. The maximum Gasteiger partial charge on any atom is 0.0780 e. The van der Waals surface area contributed by atoms with Crippen molar-refractivity contribution in [3.05, 3.63) is 0 Å². The molecule has 0 amide bonds. The van der Waals surface area contributed by atoms with Crippen molar-refractivity contribution < 1.29 is 5.11 Å². The number of hydrogen-bond donors (Lipinski definition) is 2. The van der Waals surface area contributed by atoms with Crippen molar-refractivity contribution in [3.8, 4) is 0 Å². The molecule has 0 unspecified atom stereocenters. The van der Waals surface area contributed by atoms with Gasteiger partial charge in [0.25, 0.3) is 0 Å². The Morgan fingerprint density at radius 1 is 1.86 bits per heavy atom. The highest BCUT2D eigenvalue weighted by Crippen LogP contribution is 1.98. The van der Waals surface area contributed by atoms with E-state index in [1.54, 1.807) is 0 Å². The zero-order chi connectivity index (χ0) is 5.28. The van der Waals surface area contributed by atoms with Crippen LogP contribution in [-0.2, 0) is 0 Å². The predicted octanol–water partition coefficient (Wildman–Crippen LogP) is -0.332. The van der Waals surface area contributed by atoms with Gasteiger partial charge in [0.15, 0.2) is 0 Å². The normalized spacial score (nSPS) is 30.4. The van der Waals surface area contributed by atoms with Crippen LogP contribution in [0.5, 0.6) is 0 Å². The molecule has 0 saturated carbocycles. The van der Waals surface area contributed by atoms with Gasteiger partial charge >= 0.3 is 0 Å². The number of thiocarbonyl (C=S) groups is 1. The summed E-state index contributed by atoms with van der Waals surface area (Å²) in [5.74, 6) is 0. The fourth-order valence-electron chi connectivity index (χ4n) is 0.590. The lowest BCUT2D eigenvalue weighted by atomic mass is 10.3. The molecule has 7 heavy (non-hydrogen) atoms. The Balaban J connectivity index is 2.40. The van der Waals surface area contributed by atoms with E-state index in [0.717, 1.165) is 4.99 Å². The van der Waals surface area contributed by atoms with Gasteiger partial charge in [0.1, 0.15) is 0 Å². The molecular weight excluding hydrogens is 110 g/mol. The lowest BCUT2D eigenvalue weighted by molar-refractivity contribution is 0.200. The van der Waals surface area contributed by atoms with E-state index in [0.29, 0.717) is 13.0 Å². The molecule has 1 saturated heterocycles. The molecule has 2 N–H and O–H groups in total. The van der Waals surface area contributed by atoms with Gasteiger partial charge in [0.05, 0.1) is 11.1 Å². The summed E-state index contributed by atoms with van der Waals surface area (Å²) in [6.07, 6.45) is 0.419. The van der Waals surface area contributed by atoms with Crippen molar-refractivity contribution in [3.63, 3.8) is 0 Å². The van der Waals surface area contributed by atoms with Gasteiger partial charge in [0, 0.05) is 13.0 Å². The largest absolute Gasteiger partial charge is 0.391 e. The summed E-state index contributed by atoms with van der Waals surface area (Å²) >= 11 is 4.72. The topological polar surface area (TPSA) is 32.3 Å². The van der Waals surface area contributed by atoms with Gasteiger partial charge in [-0.05, 0) is 0 Å². The molecular formula is C4H7NOS. The minimum atomic E-state index is -0.229. The summed E-state index contributed by atoms with van der Waals surface area (Å²) in [6, 6.07) is 0. The van der Waals surface area contributed by atoms with Gasteiger partial charge in [-0.2, -0.15) is 0 Å². The molecule has 0 bridgehead atoms. The Kier molecular flexibility index (Phi) is 1.25. The zero-order valence-corrected chi connectivity index (χ0v) is 4.66. The molecule has 2 nitrogen and oxygen atoms in total. The van der Waals surface area contributed by atoms with Crippen LogP contribution in [0.1, 0.15) is 6.42 Å². The summed E-state index contributed by atoms with van der Waals surface area (Å²) in [4.78, 5) is 0.785. The summed E-state index contributed by atoms with van der Waals surface area (Å²) < 4.78 is 0. The predicted molar refractivity (Wildman–Crippen MR) is 31.2 cm³/mol. The molecule has 0 aromatic heterocycles. The minimum Gasteiger partial charge on any atom is -0.391 e. The second-order valence-corrected chi connectivity index (χ2v) is 2.15. The minimum absolute atomic E-state index is 0.229. The number of nitrogens with one attached hydrogen (secondary N) is 1. The third-order valence-electron chi connectivity index (χ3n) is 0.956. The molecule has 1 rings (SSSR count). The van der Waals surface area contributed by atoms with Crippen molar-refractivity contribution in [2.24, 2.45) is 0 Å². The van der Waals surface area contributed by atoms with Crippen molar-refractivity contribution >= 4 is 17.2 Å². The van der Waals surface area contributed by atoms with Crippen LogP contribution in [0.4, 0.5) is 0 Å². The average molecular weight is 117 g/mol. The van der Waals surface area contributed by atoms with Crippen molar-refractivity contribution in [2.75, 3.05) is 6.54 Å². The molecule has 0 spiro atoms. The van der Waals surface area contributed by atoms with E-state index in [9.17, 15) is 0 Å². The first-order chi connectivity index (χ1) is 3.29. The fourth-order valence-corrected chi connectivity index (χ4v) is 0.866. The number of β-amino-alcohol motifs (C(OH)–C–C–N with tert-alkyl or cyclic N) is 1. The molecule has 1 atom stereocenters. The van der Waals surface area contributed by atoms with E-state index in [4.69, 9.17) is 17.3 Å². The molecule has 3 heteroatoms. The Morgan fingerprint density at radius 2 is 2.57 bits per heavy atom. The fraction of sp³-hybridized carbons (Fsp3) is 0.750. The first kappa shape index (κ1) is 5.00. The van der Waals surface area contributed by atoms with Crippen molar-refractivity contribution in [1.29, 1.82) is 0 Å². The van der Waals surface area contributed by atoms with Crippen LogP contribution in [0, 0.1) is 0 Å². The lowest BCUT2D eigenvalue weighted by Crippen LogP contribution is -2.13. The standard InChI is InChI=1S/C4H7NOS/c6-3-1-4(7)5-2-3/h3,6H,1-2H2,(H,5,7)/t3-/m0/s1. The van der Waals surface area contributed by atoms with Crippen LogP contribution in [0.15, 0.2) is 0 Å². The van der Waals surface area contributed by atoms with Crippen molar-refractivity contribution in [1.82, 2.24) is 5.32 Å². The number of aliphatic hydroxyl groups is 1. The molecule has 0 aliphatic carbocycles. The highest BCUT2D eigenvalue weighted by Gasteiger charge is 2.13. The summed E-state index contributed by atoms with van der Waals surface area (Å²) in [5.41, 5.74) is 0. The van der Waals surface area contributed by atoms with Crippen LogP contribution < -0.4 is 5.32 Å². The Morgan fingerprint density at radius 3 is 2.71 bits per heavy atom. The van der Waals surface area contributed by atoms with Crippen LogP contribution in [0.2, 0.25) is 0 Å². The Labute approximate surface area is 47.5 Å². The SMILES string of the molecule is O[C@@H]1CNC(=S)C1. The number of hydrogen-bond acceptors (Lipinski definition) is 2. The van der Waals surface area contributed by atoms with Crippen LogP contribution in [-0.4, -0.2) is 22.7 Å². The molecule has 0 radical (unpaired) electrons. The van der Waals surface area contributed by atoms with Crippen LogP contribution >= 0.6 is 12.2 Å². The monoisotopic (exact) mass is 117 g/mol. The molecule has 1 heterocycles. The maximum atomic E-state index is 8.75. The lowest BCUT2D eigenvalue weighted by Gasteiger charge is -1.89. The van der Waals surface area contributed by atoms with Gasteiger partial charge in [-0.15, -0.1) is 0 Å². The number of rotatable bonds is 0. The quantitative estimate of drug-likeness (QED) is 0.426. The zero-order valence-electron chi connectivity index (χ0n) is 3.85. The van der Waals surface area contributed by atoms with E-state index in [1.165, 1.54) is 0 Å². The van der Waals surface area contributed by atoms with Crippen molar-refractivity contribution in [2.45, 2.75) is 12.5 Å². The smallest absolute Gasteiger partial charge is 0.0780 e. The third kappa shape index (κ3) is 1.11. The average Bonchev–Trinajstić information content (AvgIpc) is 1.87. The Hall–Kier alpha value is -0.150.